The average molecular weight is 250 g/mol. The van der Waals surface area contributed by atoms with E-state index in [1.807, 2.05) is 0 Å². The summed E-state index contributed by atoms with van der Waals surface area (Å²) in [7, 11) is -3.89. The summed E-state index contributed by atoms with van der Waals surface area (Å²) < 4.78 is 30.7. The Bertz CT molecular complexity index is 306. The zero-order valence-corrected chi connectivity index (χ0v) is 9.93. The van der Waals surface area contributed by atoms with Gasteiger partial charge >= 0.3 is 10.4 Å². The summed E-state index contributed by atoms with van der Waals surface area (Å²) in [5.41, 5.74) is 0. The third kappa shape index (κ3) is 9.74. The first kappa shape index (κ1) is 14.4. The first-order valence-corrected chi connectivity index (χ1v) is 6.53. The van der Waals surface area contributed by atoms with Crippen LogP contribution in [0.2, 0.25) is 0 Å². The highest BCUT2D eigenvalue weighted by molar-refractivity contribution is 8.02. The van der Waals surface area contributed by atoms with E-state index in [-0.39, 0.29) is 13.2 Å². The lowest BCUT2D eigenvalue weighted by molar-refractivity contribution is 0.247. The predicted molar refractivity (Wildman–Crippen MR) is 62.8 cm³/mol. The summed E-state index contributed by atoms with van der Waals surface area (Å²) in [6.07, 6.45) is 4.67. The van der Waals surface area contributed by atoms with Gasteiger partial charge in [-0.25, -0.2) is 8.37 Å². The molecule has 86 valence electrons. The van der Waals surface area contributed by atoms with Crippen molar-refractivity contribution >= 4 is 22.2 Å². The molecule has 0 radical (unpaired) electrons. The van der Waals surface area contributed by atoms with Gasteiger partial charge in [0, 0.05) is 5.75 Å². The van der Waals surface area contributed by atoms with Crippen LogP contribution in [0.25, 0.3) is 0 Å². The first-order valence-electron chi connectivity index (χ1n) is 4.14. The molecule has 0 saturated carbocycles. The van der Waals surface area contributed by atoms with Gasteiger partial charge in [-0.3, -0.25) is 0 Å². The molecule has 0 atom stereocenters. The molecule has 0 aromatic rings. The molecule has 0 bridgehead atoms. The SMILES string of the molecule is C=CCOS(=O)(=O)OC/C=C/SCC=C. The van der Waals surface area contributed by atoms with E-state index in [4.69, 9.17) is 0 Å². The van der Waals surface area contributed by atoms with E-state index in [9.17, 15) is 8.42 Å². The van der Waals surface area contributed by atoms with Gasteiger partial charge in [0.1, 0.15) is 0 Å². The maximum Gasteiger partial charge on any atom is 0.400 e. The van der Waals surface area contributed by atoms with E-state index < -0.39 is 10.4 Å². The van der Waals surface area contributed by atoms with Crippen LogP contribution in [0.3, 0.4) is 0 Å². The van der Waals surface area contributed by atoms with Crippen LogP contribution >= 0.6 is 11.8 Å². The van der Waals surface area contributed by atoms with Gasteiger partial charge in [0.05, 0.1) is 13.2 Å². The fourth-order valence-electron chi connectivity index (χ4n) is 0.519. The van der Waals surface area contributed by atoms with Crippen LogP contribution < -0.4 is 0 Å². The molecule has 0 heterocycles. The lowest BCUT2D eigenvalue weighted by Crippen LogP contribution is -2.10. The van der Waals surface area contributed by atoms with E-state index >= 15 is 0 Å². The topological polar surface area (TPSA) is 52.6 Å². The minimum absolute atomic E-state index is 0.0381. The van der Waals surface area contributed by atoms with Gasteiger partial charge in [0.25, 0.3) is 0 Å². The molecule has 4 nitrogen and oxygen atoms in total. The highest BCUT2D eigenvalue weighted by Crippen LogP contribution is 2.02. The molecule has 0 amide bonds. The van der Waals surface area contributed by atoms with E-state index in [0.29, 0.717) is 0 Å². The zero-order chi connectivity index (χ0) is 11.6. The summed E-state index contributed by atoms with van der Waals surface area (Å²) in [6, 6.07) is 0. The number of hydrogen-bond donors (Lipinski definition) is 0. The van der Waals surface area contributed by atoms with Crippen molar-refractivity contribution in [2.75, 3.05) is 19.0 Å². The second kappa shape index (κ2) is 8.72. The molecule has 0 aromatic carbocycles. The Balaban J connectivity index is 3.69. The zero-order valence-electron chi connectivity index (χ0n) is 8.29. The summed E-state index contributed by atoms with van der Waals surface area (Å²) in [5, 5.41) is 1.74. The standard InChI is InChI=1S/C9H14O4S2/c1-3-6-12-15(10,11)13-7-5-9-14-8-4-2/h3-5,9H,1-2,6-8H2/b9-5+. The van der Waals surface area contributed by atoms with Gasteiger partial charge in [-0.15, -0.1) is 24.9 Å². The molecule has 15 heavy (non-hydrogen) atoms. The van der Waals surface area contributed by atoms with Crippen LogP contribution in [-0.4, -0.2) is 27.4 Å². The van der Waals surface area contributed by atoms with Crippen LogP contribution in [0.4, 0.5) is 0 Å². The smallest absolute Gasteiger partial charge is 0.244 e. The molecule has 0 aliphatic heterocycles. The largest absolute Gasteiger partial charge is 0.400 e. The number of hydrogen-bond acceptors (Lipinski definition) is 5. The van der Waals surface area contributed by atoms with Crippen molar-refractivity contribution in [3.63, 3.8) is 0 Å². The molecule has 0 spiro atoms. The van der Waals surface area contributed by atoms with Crippen molar-refractivity contribution in [3.8, 4) is 0 Å². The van der Waals surface area contributed by atoms with Crippen LogP contribution in [-0.2, 0) is 18.8 Å². The molecule has 0 rings (SSSR count). The minimum atomic E-state index is -3.89. The molecule has 0 aromatic heterocycles. The Morgan fingerprint density at radius 3 is 2.40 bits per heavy atom. The Labute approximate surface area is 95.0 Å². The maximum atomic E-state index is 10.9. The Kier molecular flexibility index (Phi) is 8.40. The van der Waals surface area contributed by atoms with Crippen molar-refractivity contribution < 1.29 is 16.8 Å². The van der Waals surface area contributed by atoms with Crippen LogP contribution in [0, 0.1) is 0 Å². The van der Waals surface area contributed by atoms with Crippen molar-refractivity contribution in [1.82, 2.24) is 0 Å². The summed E-state index contributed by atoms with van der Waals surface area (Å²) in [4.78, 5) is 0. The van der Waals surface area contributed by atoms with Crippen molar-refractivity contribution in [3.05, 3.63) is 36.8 Å². The van der Waals surface area contributed by atoms with E-state index in [2.05, 4.69) is 21.5 Å². The minimum Gasteiger partial charge on any atom is -0.244 e. The van der Waals surface area contributed by atoms with Gasteiger partial charge in [0.2, 0.25) is 0 Å². The van der Waals surface area contributed by atoms with Crippen molar-refractivity contribution in [2.45, 2.75) is 0 Å². The number of rotatable bonds is 9. The maximum absolute atomic E-state index is 10.9. The molecule has 0 aliphatic rings. The molecular formula is C9H14O4S2. The molecule has 0 N–H and O–H groups in total. The molecule has 0 fully saturated rings. The van der Waals surface area contributed by atoms with Gasteiger partial charge < -0.3 is 0 Å². The van der Waals surface area contributed by atoms with E-state index in [1.54, 1.807) is 17.6 Å². The molecule has 6 heteroatoms. The quantitative estimate of drug-likeness (QED) is 0.462. The van der Waals surface area contributed by atoms with Gasteiger partial charge in [-0.2, -0.15) is 8.42 Å². The van der Waals surface area contributed by atoms with Gasteiger partial charge in [-0.05, 0) is 5.41 Å². The highest BCUT2D eigenvalue weighted by atomic mass is 32.3. The summed E-state index contributed by atoms with van der Waals surface area (Å²) >= 11 is 1.49. The average Bonchev–Trinajstić information content (AvgIpc) is 2.20. The van der Waals surface area contributed by atoms with Crippen LogP contribution in [0.1, 0.15) is 0 Å². The van der Waals surface area contributed by atoms with E-state index in [1.165, 1.54) is 17.8 Å². The second-order valence-electron chi connectivity index (χ2n) is 2.26. The molecule has 0 aliphatic carbocycles. The monoisotopic (exact) mass is 250 g/mol. The Morgan fingerprint density at radius 1 is 1.13 bits per heavy atom. The Morgan fingerprint density at radius 2 is 1.80 bits per heavy atom. The van der Waals surface area contributed by atoms with Crippen molar-refractivity contribution in [2.24, 2.45) is 0 Å². The summed E-state index contributed by atoms with van der Waals surface area (Å²) in [6.45, 7) is 6.74. The second-order valence-corrected chi connectivity index (χ2v) is 4.49. The van der Waals surface area contributed by atoms with Gasteiger partial charge in [0.15, 0.2) is 0 Å². The molecular weight excluding hydrogens is 236 g/mol. The van der Waals surface area contributed by atoms with Crippen LogP contribution in [0.15, 0.2) is 36.8 Å². The summed E-state index contributed by atoms with van der Waals surface area (Å²) in [5.74, 6) is 0.774. The normalized spacial score (nSPS) is 11.7. The van der Waals surface area contributed by atoms with Crippen LogP contribution in [0.5, 0.6) is 0 Å². The molecule has 0 unspecified atom stereocenters. The fourth-order valence-corrected chi connectivity index (χ4v) is 1.56. The third-order valence-electron chi connectivity index (χ3n) is 1.05. The third-order valence-corrected chi connectivity index (χ3v) is 2.71. The lowest BCUT2D eigenvalue weighted by atomic mass is 10.7. The molecule has 0 saturated heterocycles. The Hall–Kier alpha value is -0.560. The van der Waals surface area contributed by atoms with E-state index in [0.717, 1.165) is 5.75 Å². The highest BCUT2D eigenvalue weighted by Gasteiger charge is 2.08. The fraction of sp³-hybridized carbons (Fsp3) is 0.333. The predicted octanol–water partition coefficient (Wildman–Crippen LogP) is 1.88. The van der Waals surface area contributed by atoms with Crippen molar-refractivity contribution in [1.29, 1.82) is 0 Å². The van der Waals surface area contributed by atoms with Gasteiger partial charge in [-0.1, -0.05) is 18.2 Å². The first-order chi connectivity index (χ1) is 7.12. The lowest BCUT2D eigenvalue weighted by Gasteiger charge is -2.00. The number of thioether (sulfide) groups is 1.